The van der Waals surface area contributed by atoms with Gasteiger partial charge in [-0.3, -0.25) is 14.4 Å². The van der Waals surface area contributed by atoms with E-state index in [0.29, 0.717) is 39.5 Å². The van der Waals surface area contributed by atoms with Crippen LogP contribution in [0.1, 0.15) is 40.9 Å². The van der Waals surface area contributed by atoms with Crippen LogP contribution in [-0.2, 0) is 20.9 Å². The second-order valence-corrected chi connectivity index (χ2v) is 6.79. The van der Waals surface area contributed by atoms with Gasteiger partial charge in [0.1, 0.15) is 18.1 Å². The van der Waals surface area contributed by atoms with E-state index < -0.39 is 11.9 Å². The van der Waals surface area contributed by atoms with Crippen molar-refractivity contribution in [2.75, 3.05) is 14.2 Å². The molecule has 0 radical (unpaired) electrons. The average Bonchev–Trinajstić information content (AvgIpc) is 3.04. The van der Waals surface area contributed by atoms with Crippen LogP contribution in [0, 0.1) is 6.92 Å². The molecule has 2 aromatic rings. The third kappa shape index (κ3) is 4.53. The molecule has 31 heavy (non-hydrogen) atoms. The molecule has 1 aliphatic rings. The van der Waals surface area contributed by atoms with Crippen LogP contribution in [0.4, 0.5) is 0 Å². The van der Waals surface area contributed by atoms with E-state index in [2.05, 4.69) is 0 Å². The Hall–Kier alpha value is -3.81. The molecule has 0 saturated heterocycles. The summed E-state index contributed by atoms with van der Waals surface area (Å²) in [6.45, 7) is 4.05. The summed E-state index contributed by atoms with van der Waals surface area (Å²) < 4.78 is 26.7. The lowest BCUT2D eigenvalue weighted by atomic mass is 10.0. The summed E-state index contributed by atoms with van der Waals surface area (Å²) in [5.74, 6) is 0.281. The normalized spacial score (nSPS) is 13.5. The van der Waals surface area contributed by atoms with Crippen LogP contribution in [0.3, 0.4) is 0 Å². The molecular formula is C23H22O8. The van der Waals surface area contributed by atoms with E-state index in [4.69, 9.17) is 23.7 Å². The number of esters is 2. The summed E-state index contributed by atoms with van der Waals surface area (Å²) >= 11 is 0. The van der Waals surface area contributed by atoms with Gasteiger partial charge in [0.15, 0.2) is 17.3 Å². The van der Waals surface area contributed by atoms with Crippen molar-refractivity contribution >= 4 is 23.8 Å². The Morgan fingerprint density at radius 1 is 1.03 bits per heavy atom. The van der Waals surface area contributed by atoms with Crippen LogP contribution in [0.2, 0.25) is 0 Å². The summed E-state index contributed by atoms with van der Waals surface area (Å²) in [6, 6.07) is 6.71. The van der Waals surface area contributed by atoms with Gasteiger partial charge in [0.2, 0.25) is 5.78 Å². The van der Waals surface area contributed by atoms with E-state index >= 15 is 0 Å². The Labute approximate surface area is 179 Å². The molecule has 0 aromatic heterocycles. The Bertz CT molecular complexity index is 1100. The first-order valence-corrected chi connectivity index (χ1v) is 9.39. The van der Waals surface area contributed by atoms with Gasteiger partial charge in [0.25, 0.3) is 0 Å². The predicted octanol–water partition coefficient (Wildman–Crippen LogP) is 3.62. The molecule has 8 heteroatoms. The van der Waals surface area contributed by atoms with Crippen LogP contribution in [0.5, 0.6) is 23.0 Å². The minimum Gasteiger partial charge on any atom is -0.493 e. The summed E-state index contributed by atoms with van der Waals surface area (Å²) in [4.78, 5) is 35.8. The zero-order valence-electron chi connectivity index (χ0n) is 17.9. The van der Waals surface area contributed by atoms with E-state index in [1.54, 1.807) is 31.2 Å². The van der Waals surface area contributed by atoms with Gasteiger partial charge in [-0.2, -0.15) is 0 Å². The Morgan fingerprint density at radius 3 is 2.35 bits per heavy atom. The first-order valence-electron chi connectivity index (χ1n) is 9.39. The largest absolute Gasteiger partial charge is 0.493 e. The van der Waals surface area contributed by atoms with Crippen molar-refractivity contribution in [3.8, 4) is 23.0 Å². The number of Topliss-reactive ketones (excluding diaryl/α,β-unsaturated/α-hetero) is 1. The summed E-state index contributed by atoms with van der Waals surface area (Å²) in [6.07, 6.45) is 1.58. The Kier molecular flexibility index (Phi) is 6.29. The monoisotopic (exact) mass is 426 g/mol. The molecule has 0 saturated carbocycles. The van der Waals surface area contributed by atoms with E-state index in [9.17, 15) is 14.4 Å². The first kappa shape index (κ1) is 21.9. The van der Waals surface area contributed by atoms with Crippen molar-refractivity contribution in [1.29, 1.82) is 0 Å². The maximum atomic E-state index is 13.0. The number of carbonyl (C=O) groups is 3. The lowest BCUT2D eigenvalue weighted by Crippen LogP contribution is -2.09. The van der Waals surface area contributed by atoms with E-state index in [1.165, 1.54) is 34.1 Å². The molecule has 0 fully saturated rings. The van der Waals surface area contributed by atoms with Crippen molar-refractivity contribution in [3.63, 3.8) is 0 Å². The second-order valence-electron chi connectivity index (χ2n) is 6.79. The fourth-order valence-electron chi connectivity index (χ4n) is 3.20. The highest BCUT2D eigenvalue weighted by Gasteiger charge is 2.32. The van der Waals surface area contributed by atoms with Gasteiger partial charge < -0.3 is 23.7 Å². The zero-order chi connectivity index (χ0) is 22.7. The van der Waals surface area contributed by atoms with Crippen molar-refractivity contribution in [2.45, 2.75) is 27.4 Å². The zero-order valence-corrected chi connectivity index (χ0v) is 17.9. The highest BCUT2D eigenvalue weighted by atomic mass is 16.5. The minimum atomic E-state index is -0.544. The van der Waals surface area contributed by atoms with E-state index in [0.717, 1.165) is 0 Å². The summed E-state index contributed by atoms with van der Waals surface area (Å²) in [5.41, 5.74) is 1.82. The number of methoxy groups -OCH3 is 2. The number of hydrogen-bond acceptors (Lipinski definition) is 8. The number of allylic oxidation sites excluding steroid dienone is 1. The van der Waals surface area contributed by atoms with Crippen LogP contribution < -0.4 is 18.9 Å². The molecule has 0 aliphatic carbocycles. The lowest BCUT2D eigenvalue weighted by Gasteiger charge is -2.14. The smallest absolute Gasteiger partial charge is 0.308 e. The standard InChI is InChI=1S/C23H22O8/c1-12-22(30-14(3)25)16(11-29-13(2)24)10-17-21(26)20(31-23(12)17)9-15-6-7-18(27-4)19(8-15)28-5/h6-10H,11H2,1-5H3. The predicted molar refractivity (Wildman–Crippen MR) is 110 cm³/mol. The molecule has 1 aliphatic heterocycles. The van der Waals surface area contributed by atoms with Gasteiger partial charge in [-0.15, -0.1) is 0 Å². The van der Waals surface area contributed by atoms with Crippen LogP contribution in [0.25, 0.3) is 6.08 Å². The first-order chi connectivity index (χ1) is 14.7. The van der Waals surface area contributed by atoms with Gasteiger partial charge in [-0.1, -0.05) is 6.07 Å². The lowest BCUT2D eigenvalue weighted by molar-refractivity contribution is -0.142. The Balaban J connectivity index is 2.02. The third-order valence-corrected chi connectivity index (χ3v) is 4.60. The van der Waals surface area contributed by atoms with Gasteiger partial charge in [0.05, 0.1) is 19.8 Å². The number of ketones is 1. The maximum Gasteiger partial charge on any atom is 0.308 e. The van der Waals surface area contributed by atoms with E-state index in [1.807, 2.05) is 0 Å². The van der Waals surface area contributed by atoms with Gasteiger partial charge in [0, 0.05) is 25.0 Å². The van der Waals surface area contributed by atoms with Crippen LogP contribution in [-0.4, -0.2) is 31.9 Å². The number of rotatable bonds is 6. The van der Waals surface area contributed by atoms with Crippen molar-refractivity contribution in [1.82, 2.24) is 0 Å². The van der Waals surface area contributed by atoms with Gasteiger partial charge in [-0.05, 0) is 36.8 Å². The molecule has 0 spiro atoms. The quantitative estimate of drug-likeness (QED) is 0.393. The molecule has 162 valence electrons. The van der Waals surface area contributed by atoms with E-state index in [-0.39, 0.29) is 23.9 Å². The highest BCUT2D eigenvalue weighted by molar-refractivity contribution is 6.15. The van der Waals surface area contributed by atoms with Crippen LogP contribution in [0.15, 0.2) is 30.0 Å². The second kappa shape index (κ2) is 8.91. The molecule has 2 aromatic carbocycles. The average molecular weight is 426 g/mol. The molecule has 8 nitrogen and oxygen atoms in total. The summed E-state index contributed by atoms with van der Waals surface area (Å²) in [7, 11) is 3.06. The summed E-state index contributed by atoms with van der Waals surface area (Å²) in [5, 5.41) is 0. The highest BCUT2D eigenvalue weighted by Crippen LogP contribution is 2.42. The van der Waals surface area contributed by atoms with Crippen molar-refractivity contribution in [3.05, 3.63) is 52.3 Å². The molecular weight excluding hydrogens is 404 g/mol. The Morgan fingerprint density at radius 2 is 1.74 bits per heavy atom. The van der Waals surface area contributed by atoms with Crippen molar-refractivity contribution in [2.24, 2.45) is 0 Å². The number of ether oxygens (including phenoxy) is 5. The maximum absolute atomic E-state index is 13.0. The fourth-order valence-corrected chi connectivity index (χ4v) is 3.20. The molecule has 0 unspecified atom stereocenters. The molecule has 1 heterocycles. The van der Waals surface area contributed by atoms with Crippen LogP contribution >= 0.6 is 0 Å². The number of benzene rings is 2. The molecule has 0 bridgehead atoms. The number of hydrogen-bond donors (Lipinski definition) is 0. The minimum absolute atomic E-state index is 0.101. The third-order valence-electron chi connectivity index (χ3n) is 4.60. The molecule has 0 N–H and O–H groups in total. The van der Waals surface area contributed by atoms with Gasteiger partial charge >= 0.3 is 11.9 Å². The fraction of sp³-hybridized carbons (Fsp3) is 0.261. The van der Waals surface area contributed by atoms with Gasteiger partial charge in [-0.25, -0.2) is 0 Å². The van der Waals surface area contributed by atoms with Crippen molar-refractivity contribution < 1.29 is 38.1 Å². The topological polar surface area (TPSA) is 97.4 Å². The number of carbonyl (C=O) groups excluding carboxylic acids is 3. The molecule has 3 rings (SSSR count). The molecule has 0 atom stereocenters. The SMILES string of the molecule is COc1ccc(C=C2Oc3c(cc(COC(C)=O)c(OC(C)=O)c3C)C2=O)cc1OC. The number of fused-ring (bicyclic) bond motifs is 1. The molecule has 0 amide bonds.